The highest BCUT2D eigenvalue weighted by Gasteiger charge is 2.23. The first kappa shape index (κ1) is 16.4. The number of aliphatic hydroxyl groups is 1. The number of carbonyl (C=O) groups is 1. The summed E-state index contributed by atoms with van der Waals surface area (Å²) in [6.45, 7) is 9.93. The van der Waals surface area contributed by atoms with Gasteiger partial charge in [0.2, 0.25) is 0 Å². The molecule has 0 bridgehead atoms. The minimum Gasteiger partial charge on any atom is -0.515 e. The SMILES string of the molecule is CC.CC.Cc1cccc2c1C(=O)/C(=C\O)CC2. The van der Waals surface area contributed by atoms with Gasteiger partial charge in [0.05, 0.1) is 6.26 Å². The fraction of sp³-hybridized carbons (Fsp3) is 0.438. The first-order valence-electron chi connectivity index (χ1n) is 6.70. The first-order chi connectivity index (χ1) is 8.74. The Bertz CT molecular complexity index is 417. The van der Waals surface area contributed by atoms with Gasteiger partial charge >= 0.3 is 0 Å². The molecule has 0 aromatic heterocycles. The summed E-state index contributed by atoms with van der Waals surface area (Å²) >= 11 is 0. The van der Waals surface area contributed by atoms with E-state index in [0.29, 0.717) is 12.0 Å². The largest absolute Gasteiger partial charge is 0.515 e. The predicted molar refractivity (Wildman–Crippen MR) is 77.2 cm³/mol. The monoisotopic (exact) mass is 248 g/mol. The third kappa shape index (κ3) is 3.46. The Morgan fingerprint density at radius 2 is 1.72 bits per heavy atom. The van der Waals surface area contributed by atoms with Crippen LogP contribution in [-0.4, -0.2) is 10.9 Å². The van der Waals surface area contributed by atoms with Crippen LogP contribution in [0.1, 0.15) is 55.6 Å². The van der Waals surface area contributed by atoms with Gasteiger partial charge in [0.25, 0.3) is 0 Å². The zero-order chi connectivity index (χ0) is 14.1. The lowest BCUT2D eigenvalue weighted by Crippen LogP contribution is -2.15. The average Bonchev–Trinajstić information content (AvgIpc) is 2.44. The van der Waals surface area contributed by atoms with Crippen LogP contribution in [0.15, 0.2) is 30.0 Å². The molecule has 0 saturated carbocycles. The molecule has 1 aromatic rings. The average molecular weight is 248 g/mol. The summed E-state index contributed by atoms with van der Waals surface area (Å²) in [5.41, 5.74) is 3.39. The predicted octanol–water partition coefficient (Wildman–Crippen LogP) is 4.62. The molecular formula is C16H24O2. The molecular weight excluding hydrogens is 224 g/mol. The molecule has 0 fully saturated rings. The highest BCUT2D eigenvalue weighted by Crippen LogP contribution is 2.26. The van der Waals surface area contributed by atoms with Crippen molar-refractivity contribution in [3.8, 4) is 0 Å². The number of ketones is 1. The quantitative estimate of drug-likeness (QED) is 0.537. The van der Waals surface area contributed by atoms with Crippen LogP contribution in [0.2, 0.25) is 0 Å². The lowest BCUT2D eigenvalue weighted by Gasteiger charge is -2.18. The molecule has 1 aliphatic rings. The van der Waals surface area contributed by atoms with Crippen LogP contribution in [-0.2, 0) is 6.42 Å². The molecule has 0 saturated heterocycles. The maximum Gasteiger partial charge on any atom is 0.192 e. The maximum atomic E-state index is 11.8. The minimum absolute atomic E-state index is 0.0214. The van der Waals surface area contributed by atoms with E-state index in [9.17, 15) is 4.79 Å². The maximum absolute atomic E-state index is 11.8. The molecule has 1 aliphatic carbocycles. The molecule has 0 amide bonds. The number of Topliss-reactive ketones (excluding diaryl/α,β-unsaturated/α-hetero) is 1. The Labute approximate surface area is 110 Å². The number of carbonyl (C=O) groups excluding carboxylic acids is 1. The normalized spacial score (nSPS) is 14.9. The zero-order valence-electron chi connectivity index (χ0n) is 12.1. The molecule has 0 radical (unpaired) electrons. The van der Waals surface area contributed by atoms with Gasteiger partial charge in [-0.25, -0.2) is 0 Å². The Morgan fingerprint density at radius 3 is 2.28 bits per heavy atom. The topological polar surface area (TPSA) is 37.3 Å². The summed E-state index contributed by atoms with van der Waals surface area (Å²) in [5.74, 6) is -0.0214. The second kappa shape index (κ2) is 8.51. The van der Waals surface area contributed by atoms with Gasteiger partial charge < -0.3 is 5.11 Å². The zero-order valence-corrected chi connectivity index (χ0v) is 12.1. The number of hydrogen-bond acceptors (Lipinski definition) is 2. The van der Waals surface area contributed by atoms with Crippen molar-refractivity contribution in [3.05, 3.63) is 46.7 Å². The Kier molecular flexibility index (Phi) is 7.77. The third-order valence-corrected chi connectivity index (χ3v) is 2.70. The summed E-state index contributed by atoms with van der Waals surface area (Å²) in [7, 11) is 0. The van der Waals surface area contributed by atoms with Crippen molar-refractivity contribution in [1.82, 2.24) is 0 Å². The number of aliphatic hydroxyl groups excluding tert-OH is 1. The van der Waals surface area contributed by atoms with Crippen molar-refractivity contribution in [2.24, 2.45) is 0 Å². The van der Waals surface area contributed by atoms with Gasteiger partial charge in [0.15, 0.2) is 5.78 Å². The second-order valence-electron chi connectivity index (χ2n) is 3.59. The van der Waals surface area contributed by atoms with Gasteiger partial charge in [-0.2, -0.15) is 0 Å². The van der Waals surface area contributed by atoms with Gasteiger partial charge in [-0.15, -0.1) is 0 Å². The van der Waals surface area contributed by atoms with Gasteiger partial charge in [0.1, 0.15) is 0 Å². The molecule has 0 heterocycles. The van der Waals surface area contributed by atoms with Gasteiger partial charge in [-0.3, -0.25) is 4.79 Å². The number of rotatable bonds is 0. The number of fused-ring (bicyclic) bond motifs is 1. The van der Waals surface area contributed by atoms with Gasteiger partial charge in [0, 0.05) is 11.1 Å². The molecule has 2 rings (SSSR count). The number of allylic oxidation sites excluding steroid dienone is 1. The number of aryl methyl sites for hydroxylation is 2. The van der Waals surface area contributed by atoms with E-state index in [1.807, 2.05) is 52.8 Å². The van der Waals surface area contributed by atoms with Crippen LogP contribution < -0.4 is 0 Å². The van der Waals surface area contributed by atoms with Crippen molar-refractivity contribution >= 4 is 5.78 Å². The van der Waals surface area contributed by atoms with E-state index >= 15 is 0 Å². The standard InChI is InChI=1S/C12H12O2.2C2H6/c1-8-3-2-4-9-5-6-10(7-13)12(14)11(8)9;2*1-2/h2-4,7,13H,5-6H2,1H3;2*1-2H3/b10-7-;;. The van der Waals surface area contributed by atoms with E-state index in [0.717, 1.165) is 29.4 Å². The molecule has 1 aromatic carbocycles. The minimum atomic E-state index is -0.0214. The van der Waals surface area contributed by atoms with E-state index in [4.69, 9.17) is 5.11 Å². The van der Waals surface area contributed by atoms with E-state index in [-0.39, 0.29) is 5.78 Å². The van der Waals surface area contributed by atoms with Crippen molar-refractivity contribution < 1.29 is 9.90 Å². The van der Waals surface area contributed by atoms with Gasteiger partial charge in [-0.1, -0.05) is 45.9 Å². The smallest absolute Gasteiger partial charge is 0.192 e. The molecule has 0 spiro atoms. The van der Waals surface area contributed by atoms with Gasteiger partial charge in [-0.05, 0) is 30.9 Å². The molecule has 0 aliphatic heterocycles. The highest BCUT2D eigenvalue weighted by molar-refractivity contribution is 6.11. The fourth-order valence-corrected chi connectivity index (χ4v) is 1.93. The van der Waals surface area contributed by atoms with E-state index in [2.05, 4.69) is 0 Å². The summed E-state index contributed by atoms with van der Waals surface area (Å²) in [4.78, 5) is 11.8. The third-order valence-electron chi connectivity index (χ3n) is 2.70. The Hall–Kier alpha value is -1.57. The lowest BCUT2D eigenvalue weighted by atomic mass is 9.85. The van der Waals surface area contributed by atoms with Crippen LogP contribution in [0.5, 0.6) is 0 Å². The van der Waals surface area contributed by atoms with Crippen LogP contribution in [0.4, 0.5) is 0 Å². The van der Waals surface area contributed by atoms with E-state index in [1.54, 1.807) is 0 Å². The molecule has 2 nitrogen and oxygen atoms in total. The Morgan fingerprint density at radius 1 is 1.11 bits per heavy atom. The van der Waals surface area contributed by atoms with Crippen molar-refractivity contribution in [1.29, 1.82) is 0 Å². The molecule has 2 heteroatoms. The van der Waals surface area contributed by atoms with Crippen LogP contribution in [0, 0.1) is 6.92 Å². The summed E-state index contributed by atoms with van der Waals surface area (Å²) in [6, 6.07) is 5.88. The summed E-state index contributed by atoms with van der Waals surface area (Å²) in [6.07, 6.45) is 2.43. The summed E-state index contributed by atoms with van der Waals surface area (Å²) < 4.78 is 0. The molecule has 100 valence electrons. The second-order valence-corrected chi connectivity index (χ2v) is 3.59. The molecule has 18 heavy (non-hydrogen) atoms. The van der Waals surface area contributed by atoms with Crippen LogP contribution in [0.25, 0.3) is 0 Å². The molecule has 0 unspecified atom stereocenters. The summed E-state index contributed by atoms with van der Waals surface area (Å²) in [5, 5.41) is 8.90. The van der Waals surface area contributed by atoms with Crippen molar-refractivity contribution in [3.63, 3.8) is 0 Å². The molecule has 1 N–H and O–H groups in total. The van der Waals surface area contributed by atoms with Crippen LogP contribution in [0.3, 0.4) is 0 Å². The first-order valence-corrected chi connectivity index (χ1v) is 6.70. The van der Waals surface area contributed by atoms with E-state index < -0.39 is 0 Å². The van der Waals surface area contributed by atoms with E-state index in [1.165, 1.54) is 0 Å². The Balaban J connectivity index is 0.000000659. The number of hydrogen-bond donors (Lipinski definition) is 1. The molecule has 0 atom stereocenters. The number of benzene rings is 1. The highest BCUT2D eigenvalue weighted by atomic mass is 16.2. The fourth-order valence-electron chi connectivity index (χ4n) is 1.93. The van der Waals surface area contributed by atoms with Crippen molar-refractivity contribution in [2.75, 3.05) is 0 Å². The van der Waals surface area contributed by atoms with Crippen molar-refractivity contribution in [2.45, 2.75) is 47.5 Å². The van der Waals surface area contributed by atoms with Crippen LogP contribution >= 0.6 is 0 Å². The lowest BCUT2D eigenvalue weighted by molar-refractivity contribution is 0.102.